The fourth-order valence-electron chi connectivity index (χ4n) is 1.94. The van der Waals surface area contributed by atoms with Gasteiger partial charge in [0.05, 0.1) is 4.92 Å². The number of hydrogen-bond acceptors (Lipinski definition) is 7. The molecule has 9 heteroatoms. The lowest BCUT2D eigenvalue weighted by molar-refractivity contribution is -0.384. The van der Waals surface area contributed by atoms with Gasteiger partial charge >= 0.3 is 0 Å². The van der Waals surface area contributed by atoms with E-state index >= 15 is 0 Å². The highest BCUT2D eigenvalue weighted by atomic mass is 35.5. The lowest BCUT2D eigenvalue weighted by atomic mass is 10.2. The van der Waals surface area contributed by atoms with Crippen molar-refractivity contribution in [2.45, 2.75) is 20.2 Å². The molecule has 0 aliphatic heterocycles. The van der Waals surface area contributed by atoms with E-state index in [9.17, 15) is 10.1 Å². The maximum atomic E-state index is 10.8. The third-order valence-electron chi connectivity index (χ3n) is 3.15. The van der Waals surface area contributed by atoms with E-state index < -0.39 is 0 Å². The molecule has 0 aliphatic rings. The molecule has 0 amide bonds. The summed E-state index contributed by atoms with van der Waals surface area (Å²) in [5.74, 6) is 1.43. The standard InChI is InChI=1S/C16H12ClN3O2S3/c17-13-6-4-11(5-7-13)9-23-15-18-19-16(25-15)24-10-12-2-1-3-14(8-12)20(21)22/h1-8H,9-10H2. The van der Waals surface area contributed by atoms with Crippen LogP contribution in [0.3, 0.4) is 0 Å². The molecule has 1 aromatic heterocycles. The van der Waals surface area contributed by atoms with Crippen molar-refractivity contribution in [3.63, 3.8) is 0 Å². The van der Waals surface area contributed by atoms with Crippen molar-refractivity contribution in [2.75, 3.05) is 0 Å². The predicted octanol–water partition coefficient (Wildman–Crippen LogP) is 5.68. The van der Waals surface area contributed by atoms with Crippen molar-refractivity contribution in [1.82, 2.24) is 10.2 Å². The Bertz CT molecular complexity index is 871. The smallest absolute Gasteiger partial charge is 0.258 e. The second-order valence-electron chi connectivity index (χ2n) is 4.96. The number of nitro benzene ring substituents is 1. The molecule has 0 atom stereocenters. The molecule has 3 aromatic rings. The summed E-state index contributed by atoms with van der Waals surface area (Å²) in [6.07, 6.45) is 0. The van der Waals surface area contributed by atoms with E-state index in [1.165, 1.54) is 34.7 Å². The van der Waals surface area contributed by atoms with Crippen LogP contribution in [-0.2, 0) is 11.5 Å². The minimum absolute atomic E-state index is 0.106. The maximum absolute atomic E-state index is 10.8. The highest BCUT2D eigenvalue weighted by Gasteiger charge is 2.09. The largest absolute Gasteiger partial charge is 0.269 e. The van der Waals surface area contributed by atoms with Gasteiger partial charge in [0.2, 0.25) is 0 Å². The Labute approximate surface area is 162 Å². The fraction of sp³-hybridized carbons (Fsp3) is 0.125. The average molecular weight is 410 g/mol. The normalized spacial score (nSPS) is 10.8. The third kappa shape index (κ3) is 5.43. The Kier molecular flexibility index (Phi) is 6.30. The number of benzene rings is 2. The van der Waals surface area contributed by atoms with Crippen LogP contribution in [0.25, 0.3) is 0 Å². The molecule has 0 saturated heterocycles. The number of non-ortho nitro benzene ring substituents is 1. The maximum Gasteiger partial charge on any atom is 0.269 e. The van der Waals surface area contributed by atoms with E-state index in [-0.39, 0.29) is 10.6 Å². The summed E-state index contributed by atoms with van der Waals surface area (Å²) in [6.45, 7) is 0. The van der Waals surface area contributed by atoms with E-state index in [4.69, 9.17) is 11.6 Å². The summed E-state index contributed by atoms with van der Waals surface area (Å²) in [7, 11) is 0. The van der Waals surface area contributed by atoms with Crippen LogP contribution in [-0.4, -0.2) is 15.1 Å². The first-order valence-electron chi connectivity index (χ1n) is 7.17. The van der Waals surface area contributed by atoms with Crippen LogP contribution in [0.1, 0.15) is 11.1 Å². The number of halogens is 1. The van der Waals surface area contributed by atoms with Gasteiger partial charge < -0.3 is 0 Å². The SMILES string of the molecule is O=[N+]([O-])c1cccc(CSc2nnc(SCc3ccc(Cl)cc3)s2)c1. The number of nitrogens with zero attached hydrogens (tertiary/aromatic N) is 3. The molecule has 0 aliphatic carbocycles. The van der Waals surface area contributed by atoms with Crippen molar-refractivity contribution in [1.29, 1.82) is 0 Å². The molecule has 0 N–H and O–H groups in total. The van der Waals surface area contributed by atoms with Gasteiger partial charge in [0, 0.05) is 28.7 Å². The first-order chi connectivity index (χ1) is 12.1. The van der Waals surface area contributed by atoms with Gasteiger partial charge in [-0.05, 0) is 23.3 Å². The summed E-state index contributed by atoms with van der Waals surface area (Å²) in [5.41, 5.74) is 2.18. The zero-order chi connectivity index (χ0) is 17.6. The monoisotopic (exact) mass is 409 g/mol. The van der Waals surface area contributed by atoms with Crippen LogP contribution in [0.15, 0.2) is 57.2 Å². The minimum Gasteiger partial charge on any atom is -0.258 e. The number of rotatable bonds is 7. The topological polar surface area (TPSA) is 68.9 Å². The van der Waals surface area contributed by atoms with Crippen LogP contribution >= 0.6 is 46.5 Å². The molecule has 5 nitrogen and oxygen atoms in total. The molecule has 25 heavy (non-hydrogen) atoms. The molecule has 0 radical (unpaired) electrons. The lowest BCUT2D eigenvalue weighted by Gasteiger charge is -1.99. The number of thioether (sulfide) groups is 2. The van der Waals surface area contributed by atoms with Crippen LogP contribution in [0.5, 0.6) is 0 Å². The fourth-order valence-corrected chi connectivity index (χ4v) is 4.99. The number of nitro groups is 1. The molecule has 128 valence electrons. The Morgan fingerprint density at radius 3 is 2.28 bits per heavy atom. The van der Waals surface area contributed by atoms with Gasteiger partial charge in [-0.15, -0.1) is 10.2 Å². The second kappa shape index (κ2) is 8.66. The van der Waals surface area contributed by atoms with Crippen molar-refractivity contribution in [2.24, 2.45) is 0 Å². The molecule has 2 aromatic carbocycles. The molecular weight excluding hydrogens is 398 g/mol. The van der Waals surface area contributed by atoms with Crippen molar-refractivity contribution in [3.8, 4) is 0 Å². The molecule has 0 spiro atoms. The minimum atomic E-state index is -0.384. The average Bonchev–Trinajstić information content (AvgIpc) is 3.08. The van der Waals surface area contributed by atoms with Gasteiger partial charge in [0.25, 0.3) is 5.69 Å². The van der Waals surface area contributed by atoms with Crippen molar-refractivity contribution < 1.29 is 4.92 Å². The second-order valence-corrected chi connectivity index (χ2v) is 8.82. The molecule has 3 rings (SSSR count). The third-order valence-corrected chi connectivity index (χ3v) is 6.73. The molecule has 1 heterocycles. The Morgan fingerprint density at radius 2 is 1.64 bits per heavy atom. The molecule has 0 bridgehead atoms. The first kappa shape index (κ1) is 18.2. The Hall–Kier alpha value is -1.61. The van der Waals surface area contributed by atoms with Crippen LogP contribution in [0.2, 0.25) is 5.02 Å². The van der Waals surface area contributed by atoms with Gasteiger partial charge in [-0.1, -0.05) is 70.7 Å². The van der Waals surface area contributed by atoms with Crippen LogP contribution in [0.4, 0.5) is 5.69 Å². The summed E-state index contributed by atoms with van der Waals surface area (Å²) in [4.78, 5) is 10.4. The molecular formula is C16H12ClN3O2S3. The quantitative estimate of drug-likeness (QED) is 0.284. The van der Waals surface area contributed by atoms with Crippen molar-refractivity contribution >= 4 is 52.1 Å². The van der Waals surface area contributed by atoms with Gasteiger partial charge in [-0.3, -0.25) is 10.1 Å². The molecule has 0 saturated carbocycles. The van der Waals surface area contributed by atoms with Crippen LogP contribution < -0.4 is 0 Å². The Morgan fingerprint density at radius 1 is 1.00 bits per heavy atom. The summed E-state index contributed by atoms with van der Waals surface area (Å²) >= 11 is 10.6. The molecule has 0 unspecified atom stereocenters. The van der Waals surface area contributed by atoms with Gasteiger partial charge in [-0.2, -0.15) is 0 Å². The van der Waals surface area contributed by atoms with Gasteiger partial charge in [-0.25, -0.2) is 0 Å². The Balaban J connectivity index is 1.54. The highest BCUT2D eigenvalue weighted by Crippen LogP contribution is 2.32. The van der Waals surface area contributed by atoms with E-state index in [1.54, 1.807) is 23.9 Å². The van der Waals surface area contributed by atoms with E-state index in [1.807, 2.05) is 30.3 Å². The predicted molar refractivity (Wildman–Crippen MR) is 104 cm³/mol. The van der Waals surface area contributed by atoms with Gasteiger partial charge in [0.1, 0.15) is 0 Å². The lowest BCUT2D eigenvalue weighted by Crippen LogP contribution is -1.89. The number of aromatic nitrogens is 2. The first-order valence-corrected chi connectivity index (χ1v) is 10.3. The summed E-state index contributed by atoms with van der Waals surface area (Å²) < 4.78 is 1.75. The van der Waals surface area contributed by atoms with Crippen molar-refractivity contribution in [3.05, 3.63) is 74.8 Å². The highest BCUT2D eigenvalue weighted by molar-refractivity contribution is 8.02. The van der Waals surface area contributed by atoms with Crippen LogP contribution in [0, 0.1) is 10.1 Å². The number of hydrogen-bond donors (Lipinski definition) is 0. The zero-order valence-corrected chi connectivity index (χ0v) is 16.0. The van der Waals surface area contributed by atoms with E-state index in [2.05, 4.69) is 10.2 Å². The molecule has 0 fully saturated rings. The van der Waals surface area contributed by atoms with E-state index in [0.29, 0.717) is 5.75 Å². The van der Waals surface area contributed by atoms with Gasteiger partial charge in [0.15, 0.2) is 8.68 Å². The summed E-state index contributed by atoms with van der Waals surface area (Å²) in [6, 6.07) is 14.4. The van der Waals surface area contributed by atoms with E-state index in [0.717, 1.165) is 25.0 Å². The summed E-state index contributed by atoms with van der Waals surface area (Å²) in [5, 5.41) is 19.9. The zero-order valence-electron chi connectivity index (χ0n) is 12.8.